The molecule has 6 nitrogen and oxygen atoms in total. The normalized spacial score (nSPS) is 26.1. The molecule has 2 rings (SSSR count). The van der Waals surface area contributed by atoms with Crippen molar-refractivity contribution in [3.63, 3.8) is 0 Å². The van der Waals surface area contributed by atoms with E-state index in [4.69, 9.17) is 5.11 Å². The van der Waals surface area contributed by atoms with Gasteiger partial charge in [0.1, 0.15) is 0 Å². The van der Waals surface area contributed by atoms with E-state index in [1.807, 2.05) is 0 Å². The molecule has 1 unspecified atom stereocenters. The summed E-state index contributed by atoms with van der Waals surface area (Å²) in [4.78, 5) is 10.9. The molecule has 18 heavy (non-hydrogen) atoms. The fraction of sp³-hybridized carbons (Fsp3) is 0.909. The van der Waals surface area contributed by atoms with Crippen LogP contribution in [-0.2, 0) is 15.0 Å². The molecule has 0 aromatic rings. The van der Waals surface area contributed by atoms with Crippen molar-refractivity contribution in [2.75, 3.05) is 19.6 Å². The maximum absolute atomic E-state index is 12.0. The first-order valence-corrected chi connectivity index (χ1v) is 7.90. The van der Waals surface area contributed by atoms with Gasteiger partial charge in [-0.15, -0.1) is 0 Å². The highest BCUT2D eigenvalue weighted by Gasteiger charge is 2.32. The van der Waals surface area contributed by atoms with Gasteiger partial charge in [0, 0.05) is 19.6 Å². The first-order chi connectivity index (χ1) is 8.49. The Morgan fingerprint density at radius 2 is 2.06 bits per heavy atom. The Hall–Kier alpha value is -0.660. The van der Waals surface area contributed by atoms with E-state index >= 15 is 0 Å². The van der Waals surface area contributed by atoms with Gasteiger partial charge in [0.05, 0.1) is 5.92 Å². The summed E-state index contributed by atoms with van der Waals surface area (Å²) in [6, 6.07) is 0. The minimum absolute atomic E-state index is 0.0914. The van der Waals surface area contributed by atoms with Gasteiger partial charge in [-0.1, -0.05) is 12.8 Å². The van der Waals surface area contributed by atoms with Gasteiger partial charge in [-0.05, 0) is 25.2 Å². The van der Waals surface area contributed by atoms with Gasteiger partial charge >= 0.3 is 5.97 Å². The van der Waals surface area contributed by atoms with E-state index in [1.165, 1.54) is 17.1 Å². The lowest BCUT2D eigenvalue weighted by Crippen LogP contribution is -2.47. The molecule has 0 aromatic carbocycles. The Labute approximate surface area is 108 Å². The van der Waals surface area contributed by atoms with Crippen molar-refractivity contribution >= 4 is 16.2 Å². The second-order valence-corrected chi connectivity index (χ2v) is 6.92. The molecule has 1 aliphatic heterocycles. The van der Waals surface area contributed by atoms with Crippen LogP contribution in [0.5, 0.6) is 0 Å². The lowest BCUT2D eigenvalue weighted by molar-refractivity contribution is -0.142. The average Bonchev–Trinajstić information content (AvgIpc) is 3.13. The molecule has 1 saturated heterocycles. The zero-order valence-electron chi connectivity index (χ0n) is 10.3. The standard InChI is InChI=1S/C11H20N2O4S/c14-11(15)10-2-1-7-13(8-10)18(16,17)12-6-5-9-3-4-9/h9-10,12H,1-8H2,(H,14,15). The minimum atomic E-state index is -3.50. The molecule has 104 valence electrons. The molecule has 2 fully saturated rings. The number of hydrogen-bond donors (Lipinski definition) is 2. The third-order valence-electron chi connectivity index (χ3n) is 3.61. The average molecular weight is 276 g/mol. The summed E-state index contributed by atoms with van der Waals surface area (Å²) < 4.78 is 27.8. The number of hydrogen-bond acceptors (Lipinski definition) is 3. The highest BCUT2D eigenvalue weighted by atomic mass is 32.2. The monoisotopic (exact) mass is 276 g/mol. The lowest BCUT2D eigenvalue weighted by atomic mass is 10.0. The molecule has 0 bridgehead atoms. The number of piperidine rings is 1. The van der Waals surface area contributed by atoms with Crippen molar-refractivity contribution in [3.05, 3.63) is 0 Å². The third-order valence-corrected chi connectivity index (χ3v) is 5.19. The molecule has 0 radical (unpaired) electrons. The minimum Gasteiger partial charge on any atom is -0.481 e. The number of carboxylic acids is 1. The van der Waals surface area contributed by atoms with E-state index < -0.39 is 22.1 Å². The molecule has 0 spiro atoms. The van der Waals surface area contributed by atoms with Crippen molar-refractivity contribution < 1.29 is 18.3 Å². The fourth-order valence-electron chi connectivity index (χ4n) is 2.25. The van der Waals surface area contributed by atoms with Crippen LogP contribution in [0.4, 0.5) is 0 Å². The molecule has 1 atom stereocenters. The van der Waals surface area contributed by atoms with E-state index in [0.717, 1.165) is 6.42 Å². The topological polar surface area (TPSA) is 86.7 Å². The Bertz CT molecular complexity index is 405. The number of nitrogens with zero attached hydrogens (tertiary/aromatic N) is 1. The second kappa shape index (κ2) is 5.54. The summed E-state index contributed by atoms with van der Waals surface area (Å²) in [5.41, 5.74) is 0. The maximum atomic E-state index is 12.0. The molecular weight excluding hydrogens is 256 g/mol. The number of rotatable bonds is 6. The van der Waals surface area contributed by atoms with Crippen molar-refractivity contribution in [2.45, 2.75) is 32.1 Å². The summed E-state index contributed by atoms with van der Waals surface area (Å²) in [6.07, 6.45) is 4.46. The molecule has 1 heterocycles. The molecule has 1 aliphatic carbocycles. The van der Waals surface area contributed by atoms with Crippen LogP contribution in [0.1, 0.15) is 32.1 Å². The first-order valence-electron chi connectivity index (χ1n) is 6.46. The van der Waals surface area contributed by atoms with E-state index in [1.54, 1.807) is 0 Å². The highest BCUT2D eigenvalue weighted by Crippen LogP contribution is 2.31. The predicted octanol–water partition coefficient (Wildman–Crippen LogP) is 0.417. The molecular formula is C11H20N2O4S. The zero-order valence-corrected chi connectivity index (χ0v) is 11.2. The first kappa shape index (κ1) is 13.8. The van der Waals surface area contributed by atoms with Crippen LogP contribution in [0.15, 0.2) is 0 Å². The van der Waals surface area contributed by atoms with Crippen molar-refractivity contribution in [3.8, 4) is 0 Å². The fourth-order valence-corrected chi connectivity index (χ4v) is 3.56. The Kier molecular flexibility index (Phi) is 4.24. The van der Waals surface area contributed by atoms with Gasteiger partial charge in [0.2, 0.25) is 0 Å². The smallest absolute Gasteiger partial charge is 0.307 e. The van der Waals surface area contributed by atoms with Crippen LogP contribution in [0.2, 0.25) is 0 Å². The number of carbonyl (C=O) groups is 1. The van der Waals surface area contributed by atoms with Gasteiger partial charge in [0.15, 0.2) is 0 Å². The van der Waals surface area contributed by atoms with E-state index in [0.29, 0.717) is 31.8 Å². The Morgan fingerprint density at radius 3 is 2.67 bits per heavy atom. The molecule has 0 amide bonds. The second-order valence-electron chi connectivity index (χ2n) is 5.17. The number of aliphatic carboxylic acids is 1. The van der Waals surface area contributed by atoms with Crippen LogP contribution in [-0.4, -0.2) is 43.4 Å². The lowest BCUT2D eigenvalue weighted by Gasteiger charge is -2.29. The molecule has 1 saturated carbocycles. The van der Waals surface area contributed by atoms with Crippen LogP contribution >= 0.6 is 0 Å². The summed E-state index contributed by atoms with van der Waals surface area (Å²) in [7, 11) is -3.50. The van der Waals surface area contributed by atoms with E-state index in [9.17, 15) is 13.2 Å². The van der Waals surface area contributed by atoms with Gasteiger partial charge in [-0.2, -0.15) is 12.7 Å². The summed E-state index contributed by atoms with van der Waals surface area (Å²) in [5.74, 6) is -0.799. The summed E-state index contributed by atoms with van der Waals surface area (Å²) >= 11 is 0. The largest absolute Gasteiger partial charge is 0.481 e. The third kappa shape index (κ3) is 3.66. The zero-order chi connectivity index (χ0) is 13.2. The van der Waals surface area contributed by atoms with Crippen molar-refractivity contribution in [2.24, 2.45) is 11.8 Å². The quantitative estimate of drug-likeness (QED) is 0.736. The molecule has 7 heteroatoms. The van der Waals surface area contributed by atoms with Gasteiger partial charge in [0.25, 0.3) is 10.2 Å². The summed E-state index contributed by atoms with van der Waals surface area (Å²) in [5, 5.41) is 8.94. The van der Waals surface area contributed by atoms with Crippen LogP contribution in [0.25, 0.3) is 0 Å². The molecule has 0 aromatic heterocycles. The summed E-state index contributed by atoms with van der Waals surface area (Å²) in [6.45, 7) is 0.970. The number of carboxylic acid groups (broad SMARTS) is 1. The van der Waals surface area contributed by atoms with Gasteiger partial charge in [-0.25, -0.2) is 4.72 Å². The molecule has 2 N–H and O–H groups in total. The van der Waals surface area contributed by atoms with E-state index in [-0.39, 0.29) is 6.54 Å². The predicted molar refractivity (Wildman–Crippen MR) is 66.2 cm³/mol. The van der Waals surface area contributed by atoms with Crippen LogP contribution < -0.4 is 4.72 Å². The number of nitrogens with one attached hydrogen (secondary N) is 1. The van der Waals surface area contributed by atoms with Crippen molar-refractivity contribution in [1.29, 1.82) is 0 Å². The van der Waals surface area contributed by atoms with Crippen molar-refractivity contribution in [1.82, 2.24) is 9.03 Å². The van der Waals surface area contributed by atoms with Crippen LogP contribution in [0.3, 0.4) is 0 Å². The highest BCUT2D eigenvalue weighted by molar-refractivity contribution is 7.87. The Morgan fingerprint density at radius 1 is 1.33 bits per heavy atom. The maximum Gasteiger partial charge on any atom is 0.307 e. The van der Waals surface area contributed by atoms with Gasteiger partial charge in [-0.3, -0.25) is 4.79 Å². The van der Waals surface area contributed by atoms with Crippen LogP contribution in [0, 0.1) is 11.8 Å². The SMILES string of the molecule is O=C(O)C1CCCN(S(=O)(=O)NCCC2CC2)C1. The van der Waals surface area contributed by atoms with E-state index in [2.05, 4.69) is 4.72 Å². The Balaban J connectivity index is 1.85. The molecule has 2 aliphatic rings. The van der Waals surface area contributed by atoms with Gasteiger partial charge < -0.3 is 5.11 Å².